The monoisotopic (exact) mass is 217 g/mol. The van der Waals surface area contributed by atoms with Crippen LogP contribution >= 0.6 is 0 Å². The van der Waals surface area contributed by atoms with Gasteiger partial charge in [0.25, 0.3) is 0 Å². The second-order valence-corrected chi connectivity index (χ2v) is 5.14. The van der Waals surface area contributed by atoms with E-state index in [1.807, 2.05) is 0 Å². The minimum atomic E-state index is 0.853. The summed E-state index contributed by atoms with van der Waals surface area (Å²) in [5, 5.41) is 3.54. The lowest BCUT2D eigenvalue weighted by atomic mass is 10.1. The van der Waals surface area contributed by atoms with Gasteiger partial charge in [-0.2, -0.15) is 0 Å². The summed E-state index contributed by atoms with van der Waals surface area (Å²) in [5.41, 5.74) is 2.76. The Balaban J connectivity index is 1.54. The fourth-order valence-corrected chi connectivity index (χ4v) is 2.44. The first-order valence-electron chi connectivity index (χ1n) is 6.28. The standard InChI is InChI=1S/C14H19NO/c1-10-6-13(10)9-15-8-11-2-3-14-12(7-11)4-5-16-14/h2-3,7,10,13,15H,4-6,8-9H2,1H3. The van der Waals surface area contributed by atoms with Crippen LogP contribution in [0.3, 0.4) is 0 Å². The average Bonchev–Trinajstić information content (AvgIpc) is 2.80. The fraction of sp³-hybridized carbons (Fsp3) is 0.571. The maximum atomic E-state index is 5.50. The summed E-state index contributed by atoms with van der Waals surface area (Å²) in [6.07, 6.45) is 2.48. The second-order valence-electron chi connectivity index (χ2n) is 5.14. The van der Waals surface area contributed by atoms with Crippen molar-refractivity contribution in [1.29, 1.82) is 0 Å². The zero-order chi connectivity index (χ0) is 11.0. The van der Waals surface area contributed by atoms with Crippen LogP contribution in [0, 0.1) is 11.8 Å². The SMILES string of the molecule is CC1CC1CNCc1ccc2c(c1)CCO2. The first kappa shape index (κ1) is 10.2. The van der Waals surface area contributed by atoms with Gasteiger partial charge in [0.1, 0.15) is 5.75 Å². The van der Waals surface area contributed by atoms with Crippen LogP contribution in [0.5, 0.6) is 5.75 Å². The molecule has 86 valence electrons. The van der Waals surface area contributed by atoms with Gasteiger partial charge in [0.05, 0.1) is 6.61 Å². The molecule has 2 nitrogen and oxygen atoms in total. The summed E-state index contributed by atoms with van der Waals surface area (Å²) in [4.78, 5) is 0. The molecule has 1 saturated carbocycles. The van der Waals surface area contributed by atoms with Crippen molar-refractivity contribution in [3.63, 3.8) is 0 Å². The van der Waals surface area contributed by atoms with Crippen molar-refractivity contribution in [3.8, 4) is 5.75 Å². The third-order valence-corrected chi connectivity index (χ3v) is 3.77. The van der Waals surface area contributed by atoms with Crippen LogP contribution in [-0.4, -0.2) is 13.2 Å². The zero-order valence-corrected chi connectivity index (χ0v) is 9.83. The van der Waals surface area contributed by atoms with E-state index in [1.54, 1.807) is 0 Å². The highest BCUT2D eigenvalue weighted by molar-refractivity contribution is 5.39. The molecule has 0 bridgehead atoms. The van der Waals surface area contributed by atoms with E-state index >= 15 is 0 Å². The normalized spacial score (nSPS) is 26.3. The summed E-state index contributed by atoms with van der Waals surface area (Å²) in [6.45, 7) is 5.36. The predicted molar refractivity (Wildman–Crippen MR) is 64.6 cm³/mol. The lowest BCUT2D eigenvalue weighted by molar-refractivity contribution is 0.357. The first-order chi connectivity index (χ1) is 7.83. The van der Waals surface area contributed by atoms with E-state index in [1.165, 1.54) is 24.1 Å². The molecule has 2 atom stereocenters. The highest BCUT2D eigenvalue weighted by atomic mass is 16.5. The molecule has 0 amide bonds. The van der Waals surface area contributed by atoms with Gasteiger partial charge in [-0.25, -0.2) is 0 Å². The van der Waals surface area contributed by atoms with Gasteiger partial charge >= 0.3 is 0 Å². The fourth-order valence-electron chi connectivity index (χ4n) is 2.44. The van der Waals surface area contributed by atoms with E-state index in [0.29, 0.717) is 0 Å². The Morgan fingerprint density at radius 3 is 3.12 bits per heavy atom. The molecular weight excluding hydrogens is 198 g/mol. The topological polar surface area (TPSA) is 21.3 Å². The third-order valence-electron chi connectivity index (χ3n) is 3.77. The highest BCUT2D eigenvalue weighted by Crippen LogP contribution is 2.36. The Morgan fingerprint density at radius 2 is 2.31 bits per heavy atom. The molecule has 2 aliphatic rings. The van der Waals surface area contributed by atoms with Gasteiger partial charge in [-0.3, -0.25) is 0 Å². The lowest BCUT2D eigenvalue weighted by Crippen LogP contribution is -2.16. The maximum Gasteiger partial charge on any atom is 0.122 e. The molecule has 2 heteroatoms. The molecule has 16 heavy (non-hydrogen) atoms. The van der Waals surface area contributed by atoms with Crippen LogP contribution in [0.15, 0.2) is 18.2 Å². The Morgan fingerprint density at radius 1 is 1.44 bits per heavy atom. The predicted octanol–water partition coefficient (Wildman–Crippen LogP) is 2.37. The number of benzene rings is 1. The second kappa shape index (κ2) is 4.10. The molecule has 1 aliphatic carbocycles. The van der Waals surface area contributed by atoms with E-state index in [2.05, 4.69) is 30.4 Å². The van der Waals surface area contributed by atoms with Crippen molar-refractivity contribution < 1.29 is 4.74 Å². The molecule has 3 rings (SSSR count). The van der Waals surface area contributed by atoms with Crippen LogP contribution in [0.2, 0.25) is 0 Å². The molecule has 1 fully saturated rings. The van der Waals surface area contributed by atoms with Crippen LogP contribution in [0.4, 0.5) is 0 Å². The highest BCUT2D eigenvalue weighted by Gasteiger charge is 2.31. The van der Waals surface area contributed by atoms with E-state index < -0.39 is 0 Å². The zero-order valence-electron chi connectivity index (χ0n) is 9.83. The Labute approximate surface area is 97.0 Å². The average molecular weight is 217 g/mol. The quantitative estimate of drug-likeness (QED) is 0.836. The van der Waals surface area contributed by atoms with Crippen molar-refractivity contribution in [2.45, 2.75) is 26.3 Å². The van der Waals surface area contributed by atoms with Crippen molar-refractivity contribution in [3.05, 3.63) is 29.3 Å². The van der Waals surface area contributed by atoms with E-state index in [4.69, 9.17) is 4.74 Å². The van der Waals surface area contributed by atoms with Gasteiger partial charge in [-0.05, 0) is 42.0 Å². The van der Waals surface area contributed by atoms with Gasteiger partial charge < -0.3 is 10.1 Å². The van der Waals surface area contributed by atoms with Crippen molar-refractivity contribution in [2.24, 2.45) is 11.8 Å². The summed E-state index contributed by atoms with van der Waals surface area (Å²) in [7, 11) is 0. The minimum Gasteiger partial charge on any atom is -0.493 e. The number of rotatable bonds is 4. The van der Waals surface area contributed by atoms with E-state index in [-0.39, 0.29) is 0 Å². The van der Waals surface area contributed by atoms with Crippen molar-refractivity contribution >= 4 is 0 Å². The molecule has 1 aliphatic heterocycles. The minimum absolute atomic E-state index is 0.853. The lowest BCUT2D eigenvalue weighted by Gasteiger charge is -2.06. The third kappa shape index (κ3) is 2.07. The van der Waals surface area contributed by atoms with Gasteiger partial charge in [-0.1, -0.05) is 19.1 Å². The van der Waals surface area contributed by atoms with Gasteiger partial charge in [-0.15, -0.1) is 0 Å². The molecular formula is C14H19NO. The van der Waals surface area contributed by atoms with Crippen LogP contribution in [-0.2, 0) is 13.0 Å². The maximum absolute atomic E-state index is 5.50. The summed E-state index contributed by atoms with van der Waals surface area (Å²) < 4.78 is 5.50. The number of nitrogens with one attached hydrogen (secondary N) is 1. The summed E-state index contributed by atoms with van der Waals surface area (Å²) in [5.74, 6) is 2.96. The largest absolute Gasteiger partial charge is 0.493 e. The van der Waals surface area contributed by atoms with E-state index in [0.717, 1.165) is 37.2 Å². The number of hydrogen-bond donors (Lipinski definition) is 1. The Kier molecular flexibility index (Phi) is 2.60. The first-order valence-corrected chi connectivity index (χ1v) is 6.28. The van der Waals surface area contributed by atoms with Crippen LogP contribution < -0.4 is 10.1 Å². The molecule has 1 heterocycles. The molecule has 1 N–H and O–H groups in total. The number of fused-ring (bicyclic) bond motifs is 1. The Bertz CT molecular complexity index is 388. The molecule has 0 spiro atoms. The number of hydrogen-bond acceptors (Lipinski definition) is 2. The van der Waals surface area contributed by atoms with Gasteiger partial charge in [0.15, 0.2) is 0 Å². The summed E-state index contributed by atoms with van der Waals surface area (Å²) in [6, 6.07) is 6.57. The van der Waals surface area contributed by atoms with E-state index in [9.17, 15) is 0 Å². The molecule has 1 aromatic carbocycles. The van der Waals surface area contributed by atoms with Crippen LogP contribution in [0.1, 0.15) is 24.5 Å². The van der Waals surface area contributed by atoms with Gasteiger partial charge in [0, 0.05) is 13.0 Å². The molecule has 0 saturated heterocycles. The molecule has 1 aromatic rings. The molecule has 2 unspecified atom stereocenters. The smallest absolute Gasteiger partial charge is 0.122 e. The van der Waals surface area contributed by atoms with Crippen LogP contribution in [0.25, 0.3) is 0 Å². The van der Waals surface area contributed by atoms with Crippen molar-refractivity contribution in [2.75, 3.05) is 13.2 Å². The van der Waals surface area contributed by atoms with Gasteiger partial charge in [0.2, 0.25) is 0 Å². The van der Waals surface area contributed by atoms with Crippen molar-refractivity contribution in [1.82, 2.24) is 5.32 Å². The Hall–Kier alpha value is -1.02. The summed E-state index contributed by atoms with van der Waals surface area (Å²) >= 11 is 0. The molecule has 0 radical (unpaired) electrons. The number of ether oxygens (including phenoxy) is 1. The molecule has 0 aromatic heterocycles.